The number of aromatic carboxylic acids is 1. The average Bonchev–Trinajstić information content (AvgIpc) is 3.28. The van der Waals surface area contributed by atoms with E-state index in [1.807, 2.05) is 30.3 Å². The van der Waals surface area contributed by atoms with Crippen molar-refractivity contribution in [2.45, 2.75) is 11.5 Å². The van der Waals surface area contributed by atoms with Crippen molar-refractivity contribution < 1.29 is 27.9 Å². The Morgan fingerprint density at radius 2 is 1.51 bits per heavy atom. The number of nitrogens with zero attached hydrogens (tertiary/aromatic N) is 1. The number of carboxylic acid groups (broad SMARTS) is 1. The van der Waals surface area contributed by atoms with E-state index in [2.05, 4.69) is 0 Å². The predicted molar refractivity (Wildman–Crippen MR) is 140 cm³/mol. The molecular weight excluding hydrogens is 490 g/mol. The van der Waals surface area contributed by atoms with Gasteiger partial charge in [0.15, 0.2) is 12.0 Å². The summed E-state index contributed by atoms with van der Waals surface area (Å²) in [5.41, 5.74) is 1.29. The molecule has 184 valence electrons. The van der Waals surface area contributed by atoms with Gasteiger partial charge in [-0.3, -0.25) is 4.79 Å². The van der Waals surface area contributed by atoms with Gasteiger partial charge >= 0.3 is 5.97 Å². The van der Waals surface area contributed by atoms with E-state index in [4.69, 9.17) is 4.74 Å². The number of carbonyl (C=O) groups excluding carboxylic acids is 1. The third-order valence-electron chi connectivity index (χ3n) is 5.99. The average molecular weight is 512 g/mol. The molecule has 5 aromatic rings. The lowest BCUT2D eigenvalue weighted by molar-refractivity contribution is 0.0690. The summed E-state index contributed by atoms with van der Waals surface area (Å²) in [5, 5.41) is 10.6. The predicted octanol–water partition coefficient (Wildman–Crippen LogP) is 5.64. The lowest BCUT2D eigenvalue weighted by atomic mass is 9.97. The van der Waals surface area contributed by atoms with Crippen molar-refractivity contribution in [2.75, 3.05) is 0 Å². The van der Waals surface area contributed by atoms with Gasteiger partial charge < -0.3 is 9.84 Å². The van der Waals surface area contributed by atoms with Gasteiger partial charge in [-0.15, -0.1) is 0 Å². The first-order valence-electron chi connectivity index (χ1n) is 11.4. The molecular formula is C29H21NO6S. The van der Waals surface area contributed by atoms with Gasteiger partial charge in [0.25, 0.3) is 10.0 Å². The van der Waals surface area contributed by atoms with E-state index in [0.717, 1.165) is 9.54 Å². The molecule has 0 unspecified atom stereocenters. The molecule has 0 fully saturated rings. The van der Waals surface area contributed by atoms with E-state index >= 15 is 0 Å². The minimum absolute atomic E-state index is 0.0611. The van der Waals surface area contributed by atoms with Crippen LogP contribution >= 0.6 is 0 Å². The fourth-order valence-corrected chi connectivity index (χ4v) is 5.85. The summed E-state index contributed by atoms with van der Waals surface area (Å²) in [6, 6.07) is 28.3. The maximum absolute atomic E-state index is 13.8. The fraction of sp³-hybridized carbons (Fsp3) is 0.0345. The quantitative estimate of drug-likeness (QED) is 0.271. The van der Waals surface area contributed by atoms with Gasteiger partial charge in [0.1, 0.15) is 12.4 Å². The minimum Gasteiger partial charge on any atom is -0.489 e. The van der Waals surface area contributed by atoms with Gasteiger partial charge in [-0.05, 0) is 41.5 Å². The van der Waals surface area contributed by atoms with Crippen molar-refractivity contribution in [1.82, 2.24) is 3.97 Å². The Labute approximate surface area is 213 Å². The van der Waals surface area contributed by atoms with Crippen LogP contribution in [0, 0.1) is 0 Å². The first kappa shape index (κ1) is 24.0. The Morgan fingerprint density at radius 3 is 2.19 bits per heavy atom. The molecule has 0 radical (unpaired) electrons. The Balaban J connectivity index is 1.80. The first-order valence-corrected chi connectivity index (χ1v) is 12.8. The first-order chi connectivity index (χ1) is 17.9. The molecule has 1 aromatic heterocycles. The Hall–Kier alpha value is -4.69. The summed E-state index contributed by atoms with van der Waals surface area (Å²) < 4.78 is 34.3. The lowest BCUT2D eigenvalue weighted by Gasteiger charge is -2.11. The molecule has 0 aliphatic heterocycles. The van der Waals surface area contributed by atoms with Crippen LogP contribution in [0.3, 0.4) is 0 Å². The molecule has 8 heteroatoms. The zero-order chi connectivity index (χ0) is 26.0. The summed E-state index contributed by atoms with van der Waals surface area (Å²) >= 11 is 0. The maximum atomic E-state index is 13.8. The normalized spacial score (nSPS) is 11.4. The second-order valence-corrected chi connectivity index (χ2v) is 10.1. The van der Waals surface area contributed by atoms with Crippen LogP contribution in [-0.4, -0.2) is 29.8 Å². The van der Waals surface area contributed by atoms with Crippen LogP contribution in [0.5, 0.6) is 5.75 Å². The maximum Gasteiger partial charge on any atom is 0.354 e. The molecule has 0 aliphatic carbocycles. The molecule has 5 rings (SSSR count). The molecule has 0 bridgehead atoms. The highest BCUT2D eigenvalue weighted by Crippen LogP contribution is 2.40. The van der Waals surface area contributed by atoms with Crippen molar-refractivity contribution in [1.29, 1.82) is 0 Å². The SMILES string of the molecule is O=Cc1ccccc1-c1c(C(=O)O)n(S(=O)(=O)c2ccccc2)c2ccc(OCc3ccccc3)cc12. The van der Waals surface area contributed by atoms with Gasteiger partial charge in [-0.25, -0.2) is 17.2 Å². The molecule has 1 N–H and O–H groups in total. The van der Waals surface area contributed by atoms with Crippen LogP contribution in [0.1, 0.15) is 26.4 Å². The molecule has 0 spiro atoms. The standard InChI is InChI=1S/C29H21NO6S/c31-18-21-11-7-8-14-24(21)27-25-17-22(36-19-20-9-3-1-4-10-20)15-16-26(25)30(28(27)29(32)33)37(34,35)23-12-5-2-6-13-23/h1-18H,19H2,(H,32,33). The second-order valence-electron chi connectivity index (χ2n) is 8.27. The van der Waals surface area contributed by atoms with Crippen LogP contribution in [0.4, 0.5) is 0 Å². The summed E-state index contributed by atoms with van der Waals surface area (Å²) in [4.78, 5) is 24.5. The van der Waals surface area contributed by atoms with Crippen molar-refractivity contribution in [2.24, 2.45) is 0 Å². The number of fused-ring (bicyclic) bond motifs is 1. The Kier molecular flexibility index (Phi) is 6.33. The number of hydrogen-bond donors (Lipinski definition) is 1. The number of carboxylic acids is 1. The molecule has 0 saturated heterocycles. The molecule has 0 aliphatic rings. The van der Waals surface area contributed by atoms with Crippen molar-refractivity contribution >= 4 is 33.2 Å². The van der Waals surface area contributed by atoms with Crippen LogP contribution in [-0.2, 0) is 16.6 Å². The highest BCUT2D eigenvalue weighted by molar-refractivity contribution is 7.90. The van der Waals surface area contributed by atoms with Crippen LogP contribution in [0.2, 0.25) is 0 Å². The number of ether oxygens (including phenoxy) is 1. The summed E-state index contributed by atoms with van der Waals surface area (Å²) in [5.74, 6) is -1.02. The van der Waals surface area contributed by atoms with Gasteiger partial charge in [-0.2, -0.15) is 0 Å². The zero-order valence-corrected chi connectivity index (χ0v) is 20.3. The van der Waals surface area contributed by atoms with Crippen LogP contribution in [0.25, 0.3) is 22.0 Å². The summed E-state index contributed by atoms with van der Waals surface area (Å²) in [7, 11) is -4.31. The molecule has 7 nitrogen and oxygen atoms in total. The lowest BCUT2D eigenvalue weighted by Crippen LogP contribution is -2.19. The van der Waals surface area contributed by atoms with Gasteiger partial charge in [0.05, 0.1) is 10.4 Å². The molecule has 4 aromatic carbocycles. The Bertz CT molecular complexity index is 1730. The second kappa shape index (κ2) is 9.75. The molecule has 0 atom stereocenters. The number of aromatic nitrogens is 1. The van der Waals surface area contributed by atoms with Crippen molar-refractivity contribution in [3.05, 3.63) is 120 Å². The number of carbonyl (C=O) groups is 2. The van der Waals surface area contributed by atoms with Crippen LogP contribution in [0.15, 0.2) is 108 Å². The van der Waals surface area contributed by atoms with Crippen molar-refractivity contribution in [3.63, 3.8) is 0 Å². The summed E-state index contributed by atoms with van der Waals surface area (Å²) in [6.45, 7) is 0.265. The fourth-order valence-electron chi connectivity index (χ4n) is 4.31. The smallest absolute Gasteiger partial charge is 0.354 e. The zero-order valence-electron chi connectivity index (χ0n) is 19.4. The van der Waals surface area contributed by atoms with E-state index in [0.29, 0.717) is 23.0 Å². The molecule has 37 heavy (non-hydrogen) atoms. The highest BCUT2D eigenvalue weighted by atomic mass is 32.2. The van der Waals surface area contributed by atoms with E-state index in [-0.39, 0.29) is 28.1 Å². The minimum atomic E-state index is -4.31. The van der Waals surface area contributed by atoms with Gasteiger partial charge in [0, 0.05) is 16.5 Å². The van der Waals surface area contributed by atoms with Gasteiger partial charge in [-0.1, -0.05) is 72.8 Å². The van der Waals surface area contributed by atoms with E-state index in [1.54, 1.807) is 54.6 Å². The molecule has 0 amide bonds. The number of benzene rings is 4. The third kappa shape index (κ3) is 4.39. The number of aldehydes is 1. The Morgan fingerprint density at radius 1 is 0.865 bits per heavy atom. The number of rotatable bonds is 8. The van der Waals surface area contributed by atoms with Crippen LogP contribution < -0.4 is 4.74 Å². The van der Waals surface area contributed by atoms with Gasteiger partial charge in [0.2, 0.25) is 0 Å². The van der Waals surface area contributed by atoms with Crippen molar-refractivity contribution in [3.8, 4) is 16.9 Å². The van der Waals surface area contributed by atoms with E-state index in [9.17, 15) is 23.1 Å². The summed E-state index contributed by atoms with van der Waals surface area (Å²) in [6.07, 6.45) is 0.617. The topological polar surface area (TPSA) is 103 Å². The monoisotopic (exact) mass is 511 g/mol. The largest absolute Gasteiger partial charge is 0.489 e. The number of hydrogen-bond acceptors (Lipinski definition) is 5. The third-order valence-corrected chi connectivity index (χ3v) is 7.71. The molecule has 0 saturated carbocycles. The van der Waals surface area contributed by atoms with E-state index in [1.165, 1.54) is 18.2 Å². The van der Waals surface area contributed by atoms with E-state index < -0.39 is 21.7 Å². The highest BCUT2D eigenvalue weighted by Gasteiger charge is 2.32. The molecule has 1 heterocycles.